The van der Waals surface area contributed by atoms with E-state index in [1.54, 1.807) is 0 Å². The summed E-state index contributed by atoms with van der Waals surface area (Å²) in [6, 6.07) is 4.24. The zero-order valence-electron chi connectivity index (χ0n) is 8.76. The van der Waals surface area contributed by atoms with Gasteiger partial charge in [-0.3, -0.25) is 4.79 Å². The Morgan fingerprint density at radius 1 is 1.47 bits per heavy atom. The summed E-state index contributed by atoms with van der Waals surface area (Å²) in [6.07, 6.45) is 0.399. The van der Waals surface area contributed by atoms with Crippen molar-refractivity contribution < 1.29 is 23.4 Å². The monoisotopic (exact) mass is 278 g/mol. The maximum atomic E-state index is 10.7. The second-order valence-corrected chi connectivity index (χ2v) is 4.56. The van der Waals surface area contributed by atoms with Crippen molar-refractivity contribution in [2.75, 3.05) is 6.61 Å². The minimum atomic E-state index is -2.08. The van der Waals surface area contributed by atoms with Crippen LogP contribution in [-0.2, 0) is 15.9 Å². The molecule has 1 aromatic carbocycles. The summed E-state index contributed by atoms with van der Waals surface area (Å²) in [6.45, 7) is 0.230. The van der Waals surface area contributed by atoms with E-state index in [9.17, 15) is 9.00 Å². The molecule has 0 aliphatic carbocycles. The van der Waals surface area contributed by atoms with Crippen LogP contribution in [0.25, 0.3) is 0 Å². The predicted molar refractivity (Wildman–Crippen MR) is 62.9 cm³/mol. The summed E-state index contributed by atoms with van der Waals surface area (Å²) in [5, 5.41) is 8.64. The number of rotatable bonds is 6. The summed E-state index contributed by atoms with van der Waals surface area (Å²) >= 11 is 3.75. The highest BCUT2D eigenvalue weighted by Crippen LogP contribution is 2.26. The fraction of sp³-hybridized carbons (Fsp3) is 0.300. The van der Waals surface area contributed by atoms with Gasteiger partial charge in [0.1, 0.15) is 5.75 Å². The quantitative estimate of drug-likeness (QED) is 0.615. The van der Waals surface area contributed by atoms with Gasteiger partial charge >= 0.3 is 5.97 Å². The molecule has 5 nitrogen and oxygen atoms in total. The van der Waals surface area contributed by atoms with Crippen LogP contribution in [0.3, 0.4) is 0 Å². The number of ether oxygens (including phenoxy) is 1. The summed E-state index contributed by atoms with van der Waals surface area (Å²) in [5.41, 5.74) is 0. The lowest BCUT2D eigenvalue weighted by atomic mass is 10.3. The van der Waals surface area contributed by atoms with E-state index in [0.29, 0.717) is 12.2 Å². The van der Waals surface area contributed by atoms with Crippen LogP contribution in [0.1, 0.15) is 12.8 Å². The molecule has 0 saturated heterocycles. The molecule has 0 radical (unpaired) electrons. The Kier molecular flexibility index (Phi) is 5.40. The Morgan fingerprint density at radius 3 is 2.71 bits per heavy atom. The molecule has 0 aromatic heterocycles. The maximum absolute atomic E-state index is 10.7. The van der Waals surface area contributed by atoms with E-state index in [-0.39, 0.29) is 22.9 Å². The summed E-state index contributed by atoms with van der Waals surface area (Å²) in [4.78, 5) is 10.4. The average Bonchev–Trinajstić information content (AvgIpc) is 2.25. The van der Waals surface area contributed by atoms with Gasteiger partial charge in [0.15, 0.2) is 11.1 Å². The maximum Gasteiger partial charge on any atom is 0.303 e. The van der Waals surface area contributed by atoms with E-state index in [4.69, 9.17) is 26.0 Å². The first kappa shape index (κ1) is 14.0. The largest absolute Gasteiger partial charge is 0.492 e. The molecule has 94 valence electrons. The molecule has 0 aliphatic rings. The van der Waals surface area contributed by atoms with Gasteiger partial charge in [-0.15, -0.1) is 0 Å². The molecule has 1 atom stereocenters. The lowest BCUT2D eigenvalue weighted by Crippen LogP contribution is -2.02. The molecule has 17 heavy (non-hydrogen) atoms. The molecule has 0 spiro atoms. The number of hydrogen-bond acceptors (Lipinski definition) is 3. The van der Waals surface area contributed by atoms with Gasteiger partial charge < -0.3 is 14.4 Å². The Hall–Kier alpha value is -1.11. The molecule has 1 unspecified atom stereocenters. The average molecular weight is 279 g/mol. The standard InChI is InChI=1S/C10H11ClO5S/c11-8-6-7(17(14)15)3-4-9(8)16-5-1-2-10(12)13/h3-4,6H,1-2,5H2,(H,12,13)(H,14,15). The van der Waals surface area contributed by atoms with Crippen LogP contribution in [0.5, 0.6) is 5.75 Å². The number of halogens is 1. The van der Waals surface area contributed by atoms with E-state index in [0.717, 1.165) is 0 Å². The first-order valence-electron chi connectivity index (χ1n) is 4.75. The summed E-state index contributed by atoms with van der Waals surface area (Å²) < 4.78 is 24.8. The molecule has 0 heterocycles. The molecule has 0 aliphatic heterocycles. The molecule has 0 saturated carbocycles. The summed E-state index contributed by atoms with van der Waals surface area (Å²) in [7, 11) is 0. The molecule has 1 aromatic rings. The second kappa shape index (κ2) is 6.58. The molecule has 0 fully saturated rings. The van der Waals surface area contributed by atoms with Crippen molar-refractivity contribution in [2.45, 2.75) is 17.7 Å². The molecule has 0 bridgehead atoms. The molecular weight excluding hydrogens is 268 g/mol. The van der Waals surface area contributed by atoms with E-state index in [1.807, 2.05) is 0 Å². The third-order valence-electron chi connectivity index (χ3n) is 1.90. The molecule has 7 heteroatoms. The van der Waals surface area contributed by atoms with E-state index in [1.165, 1.54) is 18.2 Å². The lowest BCUT2D eigenvalue weighted by molar-refractivity contribution is -0.137. The van der Waals surface area contributed by atoms with Crippen LogP contribution in [-0.4, -0.2) is 26.4 Å². The van der Waals surface area contributed by atoms with Crippen molar-refractivity contribution in [1.82, 2.24) is 0 Å². The fourth-order valence-corrected chi connectivity index (χ4v) is 1.82. The fourth-order valence-electron chi connectivity index (χ4n) is 1.11. The smallest absolute Gasteiger partial charge is 0.303 e. The van der Waals surface area contributed by atoms with Crippen LogP contribution >= 0.6 is 11.6 Å². The predicted octanol–water partition coefficient (Wildman–Crippen LogP) is 2.16. The molecule has 2 N–H and O–H groups in total. The van der Waals surface area contributed by atoms with Crippen molar-refractivity contribution in [3.8, 4) is 5.75 Å². The Bertz CT molecular complexity index is 435. The van der Waals surface area contributed by atoms with Crippen LogP contribution in [0.2, 0.25) is 5.02 Å². The van der Waals surface area contributed by atoms with Gasteiger partial charge in [0.2, 0.25) is 0 Å². The lowest BCUT2D eigenvalue weighted by Gasteiger charge is -2.07. The van der Waals surface area contributed by atoms with Crippen molar-refractivity contribution in [2.24, 2.45) is 0 Å². The van der Waals surface area contributed by atoms with Crippen molar-refractivity contribution in [3.05, 3.63) is 23.2 Å². The number of hydrogen-bond donors (Lipinski definition) is 2. The van der Waals surface area contributed by atoms with E-state index >= 15 is 0 Å². The molecule has 0 amide bonds. The third-order valence-corrected chi connectivity index (χ3v) is 2.85. The SMILES string of the molecule is O=C(O)CCCOc1ccc(S(=O)O)cc1Cl. The minimum Gasteiger partial charge on any atom is -0.492 e. The van der Waals surface area contributed by atoms with Crippen LogP contribution < -0.4 is 4.74 Å². The van der Waals surface area contributed by atoms with Gasteiger partial charge in [-0.25, -0.2) is 4.21 Å². The topological polar surface area (TPSA) is 83.8 Å². The van der Waals surface area contributed by atoms with Gasteiger partial charge in [-0.2, -0.15) is 0 Å². The number of carboxylic acids is 1. The highest BCUT2D eigenvalue weighted by Gasteiger charge is 2.06. The van der Waals surface area contributed by atoms with Crippen molar-refractivity contribution in [3.63, 3.8) is 0 Å². The number of carbonyl (C=O) groups is 1. The minimum absolute atomic E-state index is 0.0242. The van der Waals surface area contributed by atoms with Crippen LogP contribution in [0, 0.1) is 0 Å². The zero-order chi connectivity index (χ0) is 12.8. The first-order chi connectivity index (χ1) is 8.00. The zero-order valence-corrected chi connectivity index (χ0v) is 10.3. The Balaban J connectivity index is 2.54. The molecule has 1 rings (SSSR count). The number of aliphatic carboxylic acids is 1. The first-order valence-corrected chi connectivity index (χ1v) is 6.24. The van der Waals surface area contributed by atoms with Gasteiger partial charge in [0.05, 0.1) is 16.5 Å². The van der Waals surface area contributed by atoms with Crippen molar-refractivity contribution >= 4 is 28.7 Å². The third kappa shape index (κ3) is 4.72. The van der Waals surface area contributed by atoms with Gasteiger partial charge in [0, 0.05) is 6.42 Å². The van der Waals surface area contributed by atoms with Crippen molar-refractivity contribution in [1.29, 1.82) is 0 Å². The van der Waals surface area contributed by atoms with Gasteiger partial charge in [-0.05, 0) is 24.6 Å². The highest BCUT2D eigenvalue weighted by atomic mass is 35.5. The summed E-state index contributed by atoms with van der Waals surface area (Å²) in [5.74, 6) is -0.517. The number of carboxylic acid groups (broad SMARTS) is 1. The van der Waals surface area contributed by atoms with Gasteiger partial charge in [0.25, 0.3) is 0 Å². The van der Waals surface area contributed by atoms with E-state index in [2.05, 4.69) is 0 Å². The normalized spacial score (nSPS) is 12.1. The second-order valence-electron chi connectivity index (χ2n) is 3.19. The van der Waals surface area contributed by atoms with E-state index < -0.39 is 17.0 Å². The molecular formula is C10H11ClO5S. The Morgan fingerprint density at radius 2 is 2.18 bits per heavy atom. The van der Waals surface area contributed by atoms with Crippen LogP contribution in [0.15, 0.2) is 23.1 Å². The highest BCUT2D eigenvalue weighted by molar-refractivity contribution is 7.79. The number of benzene rings is 1. The van der Waals surface area contributed by atoms with Gasteiger partial charge in [-0.1, -0.05) is 11.6 Å². The Labute approximate surface area is 106 Å². The van der Waals surface area contributed by atoms with Crippen LogP contribution in [0.4, 0.5) is 0 Å².